The summed E-state index contributed by atoms with van der Waals surface area (Å²) in [6.45, 7) is 1.11. The molecule has 15 heavy (non-hydrogen) atoms. The number of aliphatic carboxylic acids is 1. The van der Waals surface area contributed by atoms with Crippen molar-refractivity contribution >= 4 is 5.97 Å². The van der Waals surface area contributed by atoms with Crippen LogP contribution in [0.25, 0.3) is 0 Å². The van der Waals surface area contributed by atoms with Gasteiger partial charge >= 0.3 is 5.97 Å². The minimum atomic E-state index is -0.719. The second kappa shape index (κ2) is 4.47. The van der Waals surface area contributed by atoms with Gasteiger partial charge in [-0.25, -0.2) is 0 Å². The fourth-order valence-electron chi connectivity index (χ4n) is 3.23. The van der Waals surface area contributed by atoms with Crippen LogP contribution in [-0.4, -0.2) is 41.8 Å². The summed E-state index contributed by atoms with van der Waals surface area (Å²) in [5.74, 6) is 0.149. The highest BCUT2D eigenvalue weighted by molar-refractivity contribution is 5.74. The number of alkyl halides is 1. The molecule has 86 valence electrons. The average molecular weight is 215 g/mol. The van der Waals surface area contributed by atoms with Crippen LogP contribution < -0.4 is 0 Å². The zero-order chi connectivity index (χ0) is 10.8. The standard InChI is InChI=1S/C11H18FNO2/c12-5-2-6-13-7-8-3-1-4-9(8)10(13)11(14)15/h8-10H,1-7H2,(H,14,15). The van der Waals surface area contributed by atoms with E-state index in [9.17, 15) is 14.3 Å². The van der Waals surface area contributed by atoms with Gasteiger partial charge in [-0.05, 0) is 31.1 Å². The van der Waals surface area contributed by atoms with E-state index in [1.807, 2.05) is 4.90 Å². The number of hydrogen-bond acceptors (Lipinski definition) is 2. The molecule has 0 aromatic heterocycles. The molecule has 0 amide bonds. The first-order valence-corrected chi connectivity index (χ1v) is 5.77. The van der Waals surface area contributed by atoms with Gasteiger partial charge in [0.1, 0.15) is 6.04 Å². The molecule has 0 aromatic rings. The first-order valence-electron chi connectivity index (χ1n) is 5.77. The second-order valence-electron chi connectivity index (χ2n) is 4.68. The quantitative estimate of drug-likeness (QED) is 0.773. The number of likely N-dealkylation sites (tertiary alicyclic amines) is 1. The topological polar surface area (TPSA) is 40.5 Å². The Morgan fingerprint density at radius 1 is 1.47 bits per heavy atom. The van der Waals surface area contributed by atoms with Crippen LogP contribution in [0.5, 0.6) is 0 Å². The third-order valence-corrected chi connectivity index (χ3v) is 3.82. The van der Waals surface area contributed by atoms with E-state index in [2.05, 4.69) is 0 Å². The maximum absolute atomic E-state index is 12.1. The number of carboxylic acids is 1. The number of carbonyl (C=O) groups is 1. The number of carboxylic acid groups (broad SMARTS) is 1. The molecule has 1 heterocycles. The van der Waals surface area contributed by atoms with Crippen molar-refractivity contribution in [2.24, 2.45) is 11.8 Å². The van der Waals surface area contributed by atoms with Gasteiger partial charge in [-0.2, -0.15) is 0 Å². The van der Waals surface area contributed by atoms with Crippen LogP contribution in [0.4, 0.5) is 4.39 Å². The number of fused-ring (bicyclic) bond motifs is 1. The predicted molar refractivity (Wildman–Crippen MR) is 54.4 cm³/mol. The lowest BCUT2D eigenvalue weighted by atomic mass is 9.94. The zero-order valence-electron chi connectivity index (χ0n) is 8.86. The van der Waals surface area contributed by atoms with Crippen molar-refractivity contribution in [3.05, 3.63) is 0 Å². The molecule has 3 unspecified atom stereocenters. The molecule has 1 aliphatic heterocycles. The first-order chi connectivity index (χ1) is 7.24. The normalized spacial score (nSPS) is 35.7. The van der Waals surface area contributed by atoms with Crippen molar-refractivity contribution in [2.45, 2.75) is 31.7 Å². The van der Waals surface area contributed by atoms with E-state index in [1.54, 1.807) is 0 Å². The van der Waals surface area contributed by atoms with Gasteiger partial charge in [-0.15, -0.1) is 0 Å². The third kappa shape index (κ3) is 2.00. The van der Waals surface area contributed by atoms with E-state index in [4.69, 9.17) is 0 Å². The molecule has 3 atom stereocenters. The summed E-state index contributed by atoms with van der Waals surface area (Å²) in [4.78, 5) is 13.2. The molecule has 0 aromatic carbocycles. The lowest BCUT2D eigenvalue weighted by Gasteiger charge is -2.23. The van der Waals surface area contributed by atoms with Crippen molar-refractivity contribution in [1.82, 2.24) is 4.90 Å². The van der Waals surface area contributed by atoms with Gasteiger partial charge in [0, 0.05) is 13.1 Å². The monoisotopic (exact) mass is 215 g/mol. The van der Waals surface area contributed by atoms with Crippen molar-refractivity contribution < 1.29 is 14.3 Å². The van der Waals surface area contributed by atoms with E-state index < -0.39 is 5.97 Å². The van der Waals surface area contributed by atoms with Gasteiger partial charge in [0.05, 0.1) is 6.67 Å². The van der Waals surface area contributed by atoms with E-state index in [0.717, 1.165) is 25.8 Å². The molecule has 0 radical (unpaired) electrons. The number of nitrogens with zero attached hydrogens (tertiary/aromatic N) is 1. The van der Waals surface area contributed by atoms with Gasteiger partial charge in [-0.1, -0.05) is 6.42 Å². The SMILES string of the molecule is O=C(O)C1C2CCCC2CN1CCCF. The van der Waals surface area contributed by atoms with Gasteiger partial charge in [-0.3, -0.25) is 14.1 Å². The maximum Gasteiger partial charge on any atom is 0.321 e. The lowest BCUT2D eigenvalue weighted by Crippen LogP contribution is -2.40. The molecule has 0 bridgehead atoms. The van der Waals surface area contributed by atoms with Gasteiger partial charge < -0.3 is 5.11 Å². The predicted octanol–water partition coefficient (Wildman–Crippen LogP) is 1.53. The molecule has 1 aliphatic carbocycles. The van der Waals surface area contributed by atoms with Crippen LogP contribution in [0, 0.1) is 11.8 Å². The van der Waals surface area contributed by atoms with Crippen LogP contribution >= 0.6 is 0 Å². The molecule has 1 N–H and O–H groups in total. The lowest BCUT2D eigenvalue weighted by molar-refractivity contribution is -0.143. The highest BCUT2D eigenvalue weighted by Gasteiger charge is 2.47. The van der Waals surface area contributed by atoms with Crippen molar-refractivity contribution in [3.63, 3.8) is 0 Å². The summed E-state index contributed by atoms with van der Waals surface area (Å²) in [5.41, 5.74) is 0. The van der Waals surface area contributed by atoms with E-state index in [0.29, 0.717) is 24.8 Å². The number of hydrogen-bond donors (Lipinski definition) is 1. The van der Waals surface area contributed by atoms with Crippen molar-refractivity contribution in [2.75, 3.05) is 19.8 Å². The molecular weight excluding hydrogens is 197 g/mol. The van der Waals surface area contributed by atoms with Crippen LogP contribution in [0.15, 0.2) is 0 Å². The van der Waals surface area contributed by atoms with Crippen molar-refractivity contribution in [1.29, 1.82) is 0 Å². The summed E-state index contributed by atoms with van der Waals surface area (Å²) in [6, 6.07) is -0.343. The minimum absolute atomic E-state index is 0.321. The Morgan fingerprint density at radius 3 is 2.93 bits per heavy atom. The maximum atomic E-state index is 12.1. The molecule has 2 aliphatic rings. The van der Waals surface area contributed by atoms with Crippen LogP contribution in [0.3, 0.4) is 0 Å². The Kier molecular flexibility index (Phi) is 3.24. The van der Waals surface area contributed by atoms with Crippen LogP contribution in [0.1, 0.15) is 25.7 Å². The second-order valence-corrected chi connectivity index (χ2v) is 4.68. The van der Waals surface area contributed by atoms with Crippen LogP contribution in [-0.2, 0) is 4.79 Å². The van der Waals surface area contributed by atoms with Gasteiger partial charge in [0.25, 0.3) is 0 Å². The van der Waals surface area contributed by atoms with Gasteiger partial charge in [0.15, 0.2) is 0 Å². The van der Waals surface area contributed by atoms with E-state index in [1.165, 1.54) is 0 Å². The Morgan fingerprint density at radius 2 is 2.27 bits per heavy atom. The van der Waals surface area contributed by atoms with E-state index >= 15 is 0 Å². The van der Waals surface area contributed by atoms with Crippen LogP contribution in [0.2, 0.25) is 0 Å². The summed E-state index contributed by atoms with van der Waals surface area (Å²) in [6.07, 6.45) is 3.81. The minimum Gasteiger partial charge on any atom is -0.480 e. The Labute approximate surface area is 89.3 Å². The Balaban J connectivity index is 2.02. The molecule has 1 saturated carbocycles. The zero-order valence-corrected chi connectivity index (χ0v) is 8.86. The highest BCUT2D eigenvalue weighted by atomic mass is 19.1. The Hall–Kier alpha value is -0.640. The molecule has 3 nitrogen and oxygen atoms in total. The molecule has 4 heteroatoms. The summed E-state index contributed by atoms with van der Waals surface area (Å²) in [5, 5.41) is 9.19. The molecule has 1 saturated heterocycles. The average Bonchev–Trinajstić information content (AvgIpc) is 2.72. The summed E-state index contributed by atoms with van der Waals surface area (Å²) >= 11 is 0. The Bertz CT molecular complexity index is 247. The van der Waals surface area contributed by atoms with Gasteiger partial charge in [0.2, 0.25) is 0 Å². The number of halogens is 1. The first kappa shape index (κ1) is 10.9. The highest BCUT2D eigenvalue weighted by Crippen LogP contribution is 2.42. The molecule has 0 spiro atoms. The van der Waals surface area contributed by atoms with Crippen molar-refractivity contribution in [3.8, 4) is 0 Å². The molecule has 2 fully saturated rings. The number of rotatable bonds is 4. The summed E-state index contributed by atoms with van der Waals surface area (Å²) < 4.78 is 12.1. The summed E-state index contributed by atoms with van der Waals surface area (Å²) in [7, 11) is 0. The fourth-order valence-corrected chi connectivity index (χ4v) is 3.23. The molecule has 2 rings (SSSR count). The third-order valence-electron chi connectivity index (χ3n) is 3.82. The smallest absolute Gasteiger partial charge is 0.321 e. The fraction of sp³-hybridized carbons (Fsp3) is 0.909. The van der Waals surface area contributed by atoms with E-state index in [-0.39, 0.29) is 12.7 Å². The largest absolute Gasteiger partial charge is 0.480 e. The molecular formula is C11H18FNO2.